The summed E-state index contributed by atoms with van der Waals surface area (Å²) in [6, 6.07) is 0. The Balaban J connectivity index is 1.61. The molecule has 0 aliphatic carbocycles. The van der Waals surface area contributed by atoms with Gasteiger partial charge in [-0.3, -0.25) is 4.90 Å². The summed E-state index contributed by atoms with van der Waals surface area (Å²) in [5.41, 5.74) is 0.741. The fourth-order valence-corrected chi connectivity index (χ4v) is 3.09. The molecule has 2 aromatic rings. The van der Waals surface area contributed by atoms with Crippen LogP contribution in [0.3, 0.4) is 0 Å². The zero-order chi connectivity index (χ0) is 16.2. The van der Waals surface area contributed by atoms with Crippen molar-refractivity contribution < 1.29 is 9.84 Å². The molecule has 2 atom stereocenters. The number of nitrogens with zero attached hydrogens (tertiary/aromatic N) is 5. The SMILES string of the molecule is C[C@@H]1CN(CCNc2ncnc3c2cnn3CCO)C[C@@H](C)O1. The molecule has 0 aromatic carbocycles. The lowest BCUT2D eigenvalue weighted by Crippen LogP contribution is -2.46. The Morgan fingerprint density at radius 3 is 2.78 bits per heavy atom. The van der Waals surface area contributed by atoms with Crippen molar-refractivity contribution in [1.29, 1.82) is 0 Å². The van der Waals surface area contributed by atoms with Gasteiger partial charge in [0.2, 0.25) is 0 Å². The predicted molar refractivity (Wildman–Crippen MR) is 87.3 cm³/mol. The zero-order valence-corrected chi connectivity index (χ0v) is 13.6. The van der Waals surface area contributed by atoms with Gasteiger partial charge in [0.15, 0.2) is 5.65 Å². The first-order valence-corrected chi connectivity index (χ1v) is 8.06. The molecule has 1 fully saturated rings. The number of rotatable bonds is 6. The Morgan fingerprint density at radius 2 is 2.04 bits per heavy atom. The molecule has 0 amide bonds. The van der Waals surface area contributed by atoms with Gasteiger partial charge in [-0.2, -0.15) is 5.10 Å². The molecule has 1 aliphatic heterocycles. The number of fused-ring (bicyclic) bond motifs is 1. The highest BCUT2D eigenvalue weighted by atomic mass is 16.5. The van der Waals surface area contributed by atoms with Crippen molar-refractivity contribution in [2.45, 2.75) is 32.6 Å². The van der Waals surface area contributed by atoms with Crippen molar-refractivity contribution in [1.82, 2.24) is 24.6 Å². The maximum atomic E-state index is 9.06. The van der Waals surface area contributed by atoms with Crippen LogP contribution in [0, 0.1) is 0 Å². The van der Waals surface area contributed by atoms with Crippen LogP contribution in [0.5, 0.6) is 0 Å². The molecule has 1 aliphatic rings. The maximum Gasteiger partial charge on any atom is 0.163 e. The summed E-state index contributed by atoms with van der Waals surface area (Å²) in [6.45, 7) is 8.35. The number of nitrogens with one attached hydrogen (secondary N) is 1. The second kappa shape index (κ2) is 7.20. The highest BCUT2D eigenvalue weighted by Crippen LogP contribution is 2.18. The monoisotopic (exact) mass is 320 g/mol. The second-order valence-electron chi connectivity index (χ2n) is 5.99. The van der Waals surface area contributed by atoms with E-state index in [4.69, 9.17) is 9.84 Å². The van der Waals surface area contributed by atoms with Crippen LogP contribution in [-0.2, 0) is 11.3 Å². The van der Waals surface area contributed by atoms with Crippen molar-refractivity contribution >= 4 is 16.9 Å². The van der Waals surface area contributed by atoms with Gasteiger partial charge in [-0.15, -0.1) is 0 Å². The second-order valence-corrected chi connectivity index (χ2v) is 5.99. The van der Waals surface area contributed by atoms with Crippen LogP contribution in [0.25, 0.3) is 11.0 Å². The topological polar surface area (TPSA) is 88.3 Å². The van der Waals surface area contributed by atoms with E-state index in [0.29, 0.717) is 6.54 Å². The van der Waals surface area contributed by atoms with E-state index in [1.165, 1.54) is 6.33 Å². The van der Waals surface area contributed by atoms with Crippen LogP contribution in [0.2, 0.25) is 0 Å². The molecule has 0 spiro atoms. The average Bonchev–Trinajstić information content (AvgIpc) is 2.91. The van der Waals surface area contributed by atoms with Crippen LogP contribution in [0.15, 0.2) is 12.5 Å². The lowest BCUT2D eigenvalue weighted by molar-refractivity contribution is -0.0667. The number of aliphatic hydroxyl groups is 1. The quantitative estimate of drug-likeness (QED) is 0.793. The maximum absolute atomic E-state index is 9.06. The molecule has 3 rings (SSSR count). The van der Waals surface area contributed by atoms with E-state index in [2.05, 4.69) is 39.1 Å². The highest BCUT2D eigenvalue weighted by molar-refractivity contribution is 5.85. The van der Waals surface area contributed by atoms with E-state index in [1.807, 2.05) is 0 Å². The van der Waals surface area contributed by atoms with Crippen LogP contribution in [0.4, 0.5) is 5.82 Å². The fraction of sp³-hybridized carbons (Fsp3) is 0.667. The standard InChI is InChI=1S/C15H24N6O2/c1-11-8-20(9-12(2)23-11)4-3-16-14-13-7-19-21(5-6-22)15(13)18-10-17-14/h7,10-12,22H,3-6,8-9H2,1-2H3,(H,16,17,18)/t11-,12-/m1/s1. The van der Waals surface area contributed by atoms with Crippen LogP contribution < -0.4 is 5.32 Å². The Labute approximate surface area is 135 Å². The van der Waals surface area contributed by atoms with Gasteiger partial charge in [0.25, 0.3) is 0 Å². The minimum Gasteiger partial charge on any atom is -0.394 e. The van der Waals surface area contributed by atoms with E-state index in [1.54, 1.807) is 10.9 Å². The molecule has 23 heavy (non-hydrogen) atoms. The van der Waals surface area contributed by atoms with Gasteiger partial charge in [-0.1, -0.05) is 0 Å². The first kappa shape index (κ1) is 16.1. The number of hydrogen-bond donors (Lipinski definition) is 2. The fourth-order valence-electron chi connectivity index (χ4n) is 3.09. The normalized spacial score (nSPS) is 22.6. The zero-order valence-electron chi connectivity index (χ0n) is 13.6. The van der Waals surface area contributed by atoms with Gasteiger partial charge < -0.3 is 15.2 Å². The molecular formula is C15H24N6O2. The number of morpholine rings is 1. The molecule has 2 aromatic heterocycles. The van der Waals surface area contributed by atoms with Crippen LogP contribution in [-0.4, -0.2) is 74.7 Å². The number of hydrogen-bond acceptors (Lipinski definition) is 7. The summed E-state index contributed by atoms with van der Waals surface area (Å²) in [7, 11) is 0. The smallest absolute Gasteiger partial charge is 0.163 e. The predicted octanol–water partition coefficient (Wildman–Crippen LogP) is 0.340. The average molecular weight is 320 g/mol. The molecule has 3 heterocycles. The highest BCUT2D eigenvalue weighted by Gasteiger charge is 2.21. The number of ether oxygens (including phenoxy) is 1. The third-order valence-corrected chi connectivity index (χ3v) is 3.96. The van der Waals surface area contributed by atoms with Crippen molar-refractivity contribution in [2.24, 2.45) is 0 Å². The lowest BCUT2D eigenvalue weighted by atomic mass is 10.2. The Hall–Kier alpha value is -1.77. The van der Waals surface area contributed by atoms with E-state index < -0.39 is 0 Å². The third-order valence-electron chi connectivity index (χ3n) is 3.96. The van der Waals surface area contributed by atoms with E-state index in [9.17, 15) is 0 Å². The minimum atomic E-state index is 0.0386. The first-order valence-electron chi connectivity index (χ1n) is 8.06. The van der Waals surface area contributed by atoms with Gasteiger partial charge in [0.05, 0.1) is 36.9 Å². The number of aliphatic hydroxyl groups excluding tert-OH is 1. The first-order chi connectivity index (χ1) is 11.2. The third kappa shape index (κ3) is 3.77. The summed E-state index contributed by atoms with van der Waals surface area (Å²) < 4.78 is 7.44. The Morgan fingerprint density at radius 1 is 1.26 bits per heavy atom. The van der Waals surface area contributed by atoms with Crippen molar-refractivity contribution in [2.75, 3.05) is 38.1 Å². The molecule has 0 saturated carbocycles. The van der Waals surface area contributed by atoms with Gasteiger partial charge in [-0.05, 0) is 13.8 Å². The molecule has 1 saturated heterocycles. The summed E-state index contributed by atoms with van der Waals surface area (Å²) in [5.74, 6) is 0.786. The molecule has 0 radical (unpaired) electrons. The number of anilines is 1. The Kier molecular flexibility index (Phi) is 5.04. The molecule has 8 nitrogen and oxygen atoms in total. The lowest BCUT2D eigenvalue weighted by Gasteiger charge is -2.35. The van der Waals surface area contributed by atoms with Crippen molar-refractivity contribution in [3.8, 4) is 0 Å². The largest absolute Gasteiger partial charge is 0.394 e. The molecular weight excluding hydrogens is 296 g/mol. The van der Waals surface area contributed by atoms with Gasteiger partial charge in [-0.25, -0.2) is 14.6 Å². The molecule has 0 bridgehead atoms. The Bertz CT molecular complexity index is 636. The van der Waals surface area contributed by atoms with E-state index >= 15 is 0 Å². The molecule has 8 heteroatoms. The van der Waals surface area contributed by atoms with Crippen molar-refractivity contribution in [3.05, 3.63) is 12.5 Å². The van der Waals surface area contributed by atoms with Gasteiger partial charge in [0, 0.05) is 26.2 Å². The molecule has 126 valence electrons. The molecule has 0 unspecified atom stereocenters. The van der Waals surface area contributed by atoms with Gasteiger partial charge in [0.1, 0.15) is 12.1 Å². The van der Waals surface area contributed by atoms with Gasteiger partial charge >= 0.3 is 0 Å². The van der Waals surface area contributed by atoms with Crippen molar-refractivity contribution in [3.63, 3.8) is 0 Å². The van der Waals surface area contributed by atoms with Crippen LogP contribution in [0.1, 0.15) is 13.8 Å². The number of aromatic nitrogens is 4. The summed E-state index contributed by atoms with van der Waals surface area (Å²) in [5, 5.41) is 17.6. The van der Waals surface area contributed by atoms with Crippen LogP contribution >= 0.6 is 0 Å². The summed E-state index contributed by atoms with van der Waals surface area (Å²) in [4.78, 5) is 11.0. The summed E-state index contributed by atoms with van der Waals surface area (Å²) in [6.07, 6.45) is 3.83. The molecule has 2 N–H and O–H groups in total. The summed E-state index contributed by atoms with van der Waals surface area (Å²) >= 11 is 0. The van der Waals surface area contributed by atoms with E-state index in [0.717, 1.165) is 43.0 Å². The van der Waals surface area contributed by atoms with E-state index in [-0.39, 0.29) is 18.8 Å². The minimum absolute atomic E-state index is 0.0386.